The van der Waals surface area contributed by atoms with Crippen LogP contribution >= 0.6 is 11.8 Å². The molecule has 0 fully saturated rings. The highest BCUT2D eigenvalue weighted by Crippen LogP contribution is 2.40. The number of nitrogens with zero attached hydrogens (tertiary/aromatic N) is 2. The summed E-state index contributed by atoms with van der Waals surface area (Å²) in [5.74, 6) is 0.391. The van der Waals surface area contributed by atoms with Crippen LogP contribution in [0.1, 0.15) is 70.4 Å². The van der Waals surface area contributed by atoms with Gasteiger partial charge in [-0.15, -0.1) is 26.3 Å². The molecule has 0 atom stereocenters. The van der Waals surface area contributed by atoms with Gasteiger partial charge in [0.25, 0.3) is 0 Å². The standard InChI is InChI=1S/C35H44N2O2S/c1-5-19-36(20-6-2)23-11-9-13-32(38)28-15-17-34-30(25-28)27-31-26-29(16-18-35(31)40-34)33(39)14-10-12-24-37(21-7-3)22-8-4/h5-8,15-18,25-26H,1-4,9-14,19-24,27H2. The van der Waals surface area contributed by atoms with Gasteiger partial charge in [0, 0.05) is 59.9 Å². The Morgan fingerprint density at radius 1 is 0.650 bits per heavy atom. The van der Waals surface area contributed by atoms with Crippen LogP contribution in [0, 0.1) is 0 Å². The molecule has 0 aliphatic carbocycles. The molecule has 2 aromatic rings. The van der Waals surface area contributed by atoms with Crippen LogP contribution in [0.15, 0.2) is 96.8 Å². The fourth-order valence-corrected chi connectivity index (χ4v) is 6.11. The van der Waals surface area contributed by atoms with E-state index >= 15 is 0 Å². The maximum Gasteiger partial charge on any atom is 0.162 e. The molecule has 0 unspecified atom stereocenters. The number of carbonyl (C=O) groups is 2. The minimum absolute atomic E-state index is 0.196. The molecule has 0 saturated heterocycles. The van der Waals surface area contributed by atoms with Crippen molar-refractivity contribution in [2.75, 3.05) is 39.3 Å². The summed E-state index contributed by atoms with van der Waals surface area (Å²) in [5, 5.41) is 0. The van der Waals surface area contributed by atoms with Crippen molar-refractivity contribution in [2.24, 2.45) is 0 Å². The maximum absolute atomic E-state index is 12.9. The lowest BCUT2D eigenvalue weighted by molar-refractivity contribution is 0.0970. The Morgan fingerprint density at radius 3 is 1.43 bits per heavy atom. The van der Waals surface area contributed by atoms with Gasteiger partial charge in [-0.1, -0.05) is 48.2 Å². The highest BCUT2D eigenvalue weighted by atomic mass is 32.2. The number of unbranched alkanes of at least 4 members (excludes halogenated alkanes) is 2. The molecule has 1 heterocycles. The summed E-state index contributed by atoms with van der Waals surface area (Å²) in [6.07, 6.45) is 13.1. The molecule has 212 valence electrons. The van der Waals surface area contributed by atoms with E-state index in [1.54, 1.807) is 11.8 Å². The summed E-state index contributed by atoms with van der Waals surface area (Å²) < 4.78 is 0. The van der Waals surface area contributed by atoms with E-state index in [-0.39, 0.29) is 11.6 Å². The Morgan fingerprint density at radius 2 is 1.05 bits per heavy atom. The van der Waals surface area contributed by atoms with Crippen LogP contribution in [0.4, 0.5) is 0 Å². The van der Waals surface area contributed by atoms with E-state index in [1.165, 1.54) is 20.9 Å². The molecule has 0 N–H and O–H groups in total. The molecule has 0 saturated carbocycles. The first kappa shape index (κ1) is 31.5. The predicted octanol–water partition coefficient (Wildman–Crippen LogP) is 7.80. The van der Waals surface area contributed by atoms with E-state index in [0.29, 0.717) is 12.8 Å². The second-order valence-electron chi connectivity index (χ2n) is 10.4. The summed E-state index contributed by atoms with van der Waals surface area (Å²) in [6.45, 7) is 20.5. The van der Waals surface area contributed by atoms with E-state index < -0.39 is 0 Å². The second-order valence-corrected chi connectivity index (χ2v) is 11.4. The first-order chi connectivity index (χ1) is 19.5. The van der Waals surface area contributed by atoms with Gasteiger partial charge in [-0.3, -0.25) is 19.4 Å². The Hall–Kier alpha value is -2.99. The largest absolute Gasteiger partial charge is 0.296 e. The number of ketones is 2. The third-order valence-electron chi connectivity index (χ3n) is 7.17. The van der Waals surface area contributed by atoms with Gasteiger partial charge >= 0.3 is 0 Å². The third kappa shape index (κ3) is 9.58. The molecule has 5 heteroatoms. The molecular weight excluding hydrogens is 512 g/mol. The molecule has 2 aromatic carbocycles. The minimum Gasteiger partial charge on any atom is -0.296 e. The fourth-order valence-electron chi connectivity index (χ4n) is 5.08. The highest BCUT2D eigenvalue weighted by Gasteiger charge is 2.20. The lowest BCUT2D eigenvalue weighted by atomic mass is 9.96. The van der Waals surface area contributed by atoms with Gasteiger partial charge in [-0.05, 0) is 80.6 Å². The van der Waals surface area contributed by atoms with Gasteiger partial charge in [-0.25, -0.2) is 0 Å². The number of rotatable bonds is 20. The number of Topliss-reactive ketones (excluding diaryl/α,β-unsaturated/α-hetero) is 2. The number of carbonyl (C=O) groups excluding carboxylic acids is 2. The summed E-state index contributed by atoms with van der Waals surface area (Å²) in [6, 6.07) is 12.2. The van der Waals surface area contributed by atoms with E-state index in [0.717, 1.165) is 82.5 Å². The monoisotopic (exact) mass is 556 g/mol. The third-order valence-corrected chi connectivity index (χ3v) is 8.41. The summed E-state index contributed by atoms with van der Waals surface area (Å²) in [7, 11) is 0. The first-order valence-electron chi connectivity index (χ1n) is 14.4. The van der Waals surface area contributed by atoms with Gasteiger partial charge in [0.05, 0.1) is 0 Å². The van der Waals surface area contributed by atoms with Crippen LogP contribution in [0.25, 0.3) is 0 Å². The van der Waals surface area contributed by atoms with Gasteiger partial charge < -0.3 is 0 Å². The van der Waals surface area contributed by atoms with Gasteiger partial charge in [-0.2, -0.15) is 0 Å². The van der Waals surface area contributed by atoms with E-state index in [9.17, 15) is 9.59 Å². The van der Waals surface area contributed by atoms with E-state index in [2.05, 4.69) is 60.4 Å². The zero-order valence-corrected chi connectivity index (χ0v) is 24.7. The SMILES string of the molecule is C=CCN(CC=C)CCCCC(=O)c1ccc2c(c1)Cc1cc(C(=O)CCCCN(CC=C)CC=C)ccc1S2. The molecule has 0 amide bonds. The van der Waals surface area contributed by atoms with Crippen LogP contribution in [-0.2, 0) is 6.42 Å². The number of hydrogen-bond donors (Lipinski definition) is 0. The van der Waals surface area contributed by atoms with Crippen LogP contribution in [0.2, 0.25) is 0 Å². The molecule has 1 aliphatic heterocycles. The predicted molar refractivity (Wildman–Crippen MR) is 170 cm³/mol. The zero-order valence-electron chi connectivity index (χ0n) is 23.9. The van der Waals surface area contributed by atoms with Crippen molar-refractivity contribution < 1.29 is 9.59 Å². The average molecular weight is 557 g/mol. The highest BCUT2D eigenvalue weighted by molar-refractivity contribution is 7.99. The molecule has 0 radical (unpaired) electrons. The van der Waals surface area contributed by atoms with Crippen LogP contribution in [0.3, 0.4) is 0 Å². The molecule has 4 nitrogen and oxygen atoms in total. The van der Waals surface area contributed by atoms with Gasteiger partial charge in [0.15, 0.2) is 11.6 Å². The van der Waals surface area contributed by atoms with Crippen molar-refractivity contribution >= 4 is 23.3 Å². The van der Waals surface area contributed by atoms with Crippen molar-refractivity contribution in [3.05, 3.63) is 109 Å². The fraction of sp³-hybridized carbons (Fsp3) is 0.371. The topological polar surface area (TPSA) is 40.6 Å². The molecule has 40 heavy (non-hydrogen) atoms. The summed E-state index contributed by atoms with van der Waals surface area (Å²) in [4.78, 5) is 32.8. The minimum atomic E-state index is 0.196. The quantitative estimate of drug-likeness (QED) is 0.0807. The van der Waals surface area contributed by atoms with Crippen molar-refractivity contribution in [1.82, 2.24) is 9.80 Å². The normalized spacial score (nSPS) is 12.1. The first-order valence-corrected chi connectivity index (χ1v) is 15.2. The summed E-state index contributed by atoms with van der Waals surface area (Å²) in [5.41, 5.74) is 3.90. The Bertz CT molecular complexity index is 1090. The molecule has 0 spiro atoms. The Kier molecular flexibility index (Phi) is 13.4. The molecule has 3 rings (SSSR count). The van der Waals surface area contributed by atoms with E-state index in [1.807, 2.05) is 36.4 Å². The van der Waals surface area contributed by atoms with Crippen LogP contribution in [-0.4, -0.2) is 60.6 Å². The Labute approximate surface area is 245 Å². The number of fused-ring (bicyclic) bond motifs is 2. The smallest absolute Gasteiger partial charge is 0.162 e. The average Bonchev–Trinajstić information content (AvgIpc) is 2.96. The molecule has 0 aromatic heterocycles. The zero-order chi connectivity index (χ0) is 28.7. The molecular formula is C35H44N2O2S. The Balaban J connectivity index is 1.53. The lowest BCUT2D eigenvalue weighted by Gasteiger charge is -2.20. The maximum atomic E-state index is 12.9. The second kappa shape index (κ2) is 17.0. The number of hydrogen-bond acceptors (Lipinski definition) is 5. The number of benzene rings is 2. The molecule has 0 bridgehead atoms. The van der Waals surface area contributed by atoms with Crippen LogP contribution < -0.4 is 0 Å². The lowest BCUT2D eigenvalue weighted by Crippen LogP contribution is -2.25. The molecule has 1 aliphatic rings. The van der Waals surface area contributed by atoms with Crippen molar-refractivity contribution in [3.63, 3.8) is 0 Å². The summed E-state index contributed by atoms with van der Waals surface area (Å²) >= 11 is 1.73. The van der Waals surface area contributed by atoms with Crippen molar-refractivity contribution in [1.29, 1.82) is 0 Å². The van der Waals surface area contributed by atoms with E-state index in [4.69, 9.17) is 0 Å². The van der Waals surface area contributed by atoms with Crippen LogP contribution in [0.5, 0.6) is 0 Å². The van der Waals surface area contributed by atoms with Crippen molar-refractivity contribution in [3.8, 4) is 0 Å². The van der Waals surface area contributed by atoms with Gasteiger partial charge in [0.1, 0.15) is 0 Å². The van der Waals surface area contributed by atoms with Gasteiger partial charge in [0.2, 0.25) is 0 Å². The van der Waals surface area contributed by atoms with Crippen molar-refractivity contribution in [2.45, 2.75) is 54.7 Å².